The first kappa shape index (κ1) is 17.0. The maximum absolute atomic E-state index is 11.0. The minimum Gasteiger partial charge on any atom is -0.487 e. The zero-order valence-electron chi connectivity index (χ0n) is 16.1. The van der Waals surface area contributed by atoms with Crippen LogP contribution in [0.1, 0.15) is 70.4 Å². The van der Waals surface area contributed by atoms with E-state index in [-0.39, 0.29) is 17.6 Å². The molecule has 1 aromatic rings. The molecule has 25 heavy (non-hydrogen) atoms. The number of benzene rings is 1. The Morgan fingerprint density at radius 3 is 2.72 bits per heavy atom. The molecule has 1 aliphatic carbocycles. The van der Waals surface area contributed by atoms with Crippen LogP contribution in [0.15, 0.2) is 23.8 Å². The fraction of sp³-hybridized carbons (Fsp3) is 0.636. The van der Waals surface area contributed by atoms with Crippen molar-refractivity contribution in [2.24, 2.45) is 5.92 Å². The second kappa shape index (κ2) is 5.51. The molecule has 1 aromatic carbocycles. The highest BCUT2D eigenvalue weighted by Gasteiger charge is 2.60. The molecule has 0 saturated heterocycles. The van der Waals surface area contributed by atoms with E-state index in [0.717, 1.165) is 42.7 Å². The van der Waals surface area contributed by atoms with Crippen LogP contribution in [0.25, 0.3) is 0 Å². The first-order valence-corrected chi connectivity index (χ1v) is 9.57. The van der Waals surface area contributed by atoms with E-state index < -0.39 is 5.60 Å². The van der Waals surface area contributed by atoms with Crippen LogP contribution in [0.2, 0.25) is 0 Å². The van der Waals surface area contributed by atoms with Gasteiger partial charge in [0, 0.05) is 17.4 Å². The molecule has 0 aromatic heterocycles. The van der Waals surface area contributed by atoms with Gasteiger partial charge in [-0.3, -0.25) is 0 Å². The van der Waals surface area contributed by atoms with Gasteiger partial charge in [-0.15, -0.1) is 0 Å². The van der Waals surface area contributed by atoms with Gasteiger partial charge in [-0.1, -0.05) is 11.6 Å². The number of hydrogen-bond donors (Lipinski definition) is 1. The molecule has 3 heteroatoms. The Morgan fingerprint density at radius 1 is 1.28 bits per heavy atom. The van der Waals surface area contributed by atoms with Crippen molar-refractivity contribution in [3.05, 3.63) is 34.9 Å². The third-order valence-corrected chi connectivity index (χ3v) is 6.49. The normalized spacial score (nSPS) is 37.8. The van der Waals surface area contributed by atoms with Crippen LogP contribution < -0.4 is 9.47 Å². The van der Waals surface area contributed by atoms with E-state index in [1.54, 1.807) is 0 Å². The molecule has 2 aliphatic heterocycles. The van der Waals surface area contributed by atoms with Crippen molar-refractivity contribution < 1.29 is 14.6 Å². The van der Waals surface area contributed by atoms with Crippen LogP contribution >= 0.6 is 0 Å². The predicted octanol–water partition coefficient (Wildman–Crippen LogP) is 4.90. The van der Waals surface area contributed by atoms with Gasteiger partial charge in [0.15, 0.2) is 0 Å². The lowest BCUT2D eigenvalue weighted by molar-refractivity contribution is -0.125. The van der Waals surface area contributed by atoms with Gasteiger partial charge < -0.3 is 14.6 Å². The monoisotopic (exact) mass is 342 g/mol. The number of ether oxygens (including phenoxy) is 2. The maximum atomic E-state index is 11.0. The number of allylic oxidation sites excluding steroid dienone is 2. The molecule has 0 spiro atoms. The molecular weight excluding hydrogens is 312 g/mol. The Bertz CT molecular complexity index is 729. The second-order valence-corrected chi connectivity index (χ2v) is 8.98. The molecule has 136 valence electrons. The lowest BCUT2D eigenvalue weighted by Crippen LogP contribution is -2.57. The van der Waals surface area contributed by atoms with E-state index in [1.165, 1.54) is 11.1 Å². The summed E-state index contributed by atoms with van der Waals surface area (Å²) in [4.78, 5) is 0. The summed E-state index contributed by atoms with van der Waals surface area (Å²) in [6.45, 7) is 10.6. The van der Waals surface area contributed by atoms with Gasteiger partial charge in [-0.05, 0) is 78.0 Å². The highest BCUT2D eigenvalue weighted by atomic mass is 16.5. The minimum atomic E-state index is -0.774. The van der Waals surface area contributed by atoms with E-state index in [1.807, 2.05) is 6.92 Å². The molecule has 3 aliphatic rings. The van der Waals surface area contributed by atoms with Crippen LogP contribution in [-0.4, -0.2) is 22.4 Å². The summed E-state index contributed by atoms with van der Waals surface area (Å²) in [5, 5.41) is 11.0. The molecule has 1 N–H and O–H groups in total. The summed E-state index contributed by atoms with van der Waals surface area (Å²) in [7, 11) is 0. The van der Waals surface area contributed by atoms with E-state index in [2.05, 4.69) is 45.9 Å². The fourth-order valence-electron chi connectivity index (χ4n) is 5.20. The van der Waals surface area contributed by atoms with Crippen molar-refractivity contribution in [2.75, 3.05) is 0 Å². The summed E-state index contributed by atoms with van der Waals surface area (Å²) in [6.07, 6.45) is 5.91. The molecule has 0 unspecified atom stereocenters. The summed E-state index contributed by atoms with van der Waals surface area (Å²) in [5.74, 6) is 2.51. The van der Waals surface area contributed by atoms with Crippen molar-refractivity contribution in [1.29, 1.82) is 0 Å². The quantitative estimate of drug-likeness (QED) is 0.794. The van der Waals surface area contributed by atoms with Gasteiger partial charge in [-0.25, -0.2) is 0 Å². The van der Waals surface area contributed by atoms with Crippen LogP contribution in [0, 0.1) is 12.8 Å². The van der Waals surface area contributed by atoms with Crippen molar-refractivity contribution in [1.82, 2.24) is 0 Å². The molecule has 4 rings (SSSR count). The van der Waals surface area contributed by atoms with Crippen molar-refractivity contribution in [2.45, 2.75) is 83.5 Å². The summed E-state index contributed by atoms with van der Waals surface area (Å²) >= 11 is 0. The summed E-state index contributed by atoms with van der Waals surface area (Å²) in [5.41, 5.74) is 2.71. The van der Waals surface area contributed by atoms with Crippen LogP contribution in [-0.2, 0) is 0 Å². The van der Waals surface area contributed by atoms with Gasteiger partial charge in [0.05, 0.1) is 5.60 Å². The predicted molar refractivity (Wildman–Crippen MR) is 99.4 cm³/mol. The number of aryl methyl sites for hydroxylation is 1. The average molecular weight is 342 g/mol. The van der Waals surface area contributed by atoms with Crippen molar-refractivity contribution >= 4 is 0 Å². The zero-order chi connectivity index (χ0) is 18.0. The molecule has 0 radical (unpaired) electrons. The molecule has 0 bridgehead atoms. The fourth-order valence-corrected chi connectivity index (χ4v) is 5.20. The Hall–Kier alpha value is -1.48. The third kappa shape index (κ3) is 2.59. The molecule has 0 amide bonds. The maximum Gasteiger partial charge on any atom is 0.134 e. The Labute approximate surface area is 151 Å². The zero-order valence-corrected chi connectivity index (χ0v) is 16.1. The van der Waals surface area contributed by atoms with E-state index in [4.69, 9.17) is 9.47 Å². The Kier molecular flexibility index (Phi) is 3.74. The van der Waals surface area contributed by atoms with Crippen molar-refractivity contribution in [3.8, 4) is 11.5 Å². The molecule has 1 fully saturated rings. The molecule has 2 heterocycles. The molecule has 1 saturated carbocycles. The highest BCUT2D eigenvalue weighted by Crippen LogP contribution is 2.61. The van der Waals surface area contributed by atoms with Gasteiger partial charge in [-0.2, -0.15) is 0 Å². The second-order valence-electron chi connectivity index (χ2n) is 8.98. The SMILES string of the molecule is CC(C)=CCC[C@]1(C)Oc2cc(C)cc3c2[C@H]2[C@@H](O3)[C@@](C)(O)CC[C@H]21. The highest BCUT2D eigenvalue weighted by molar-refractivity contribution is 5.56. The van der Waals surface area contributed by atoms with Gasteiger partial charge in [0.25, 0.3) is 0 Å². The Morgan fingerprint density at radius 2 is 2.00 bits per heavy atom. The first-order valence-electron chi connectivity index (χ1n) is 9.57. The van der Waals surface area contributed by atoms with Crippen LogP contribution in [0.3, 0.4) is 0 Å². The molecule has 5 atom stereocenters. The van der Waals surface area contributed by atoms with Gasteiger partial charge in [0.2, 0.25) is 0 Å². The number of hydrogen-bond acceptors (Lipinski definition) is 3. The minimum absolute atomic E-state index is 0.159. The number of rotatable bonds is 3. The average Bonchev–Trinajstić information content (AvgIpc) is 2.86. The topological polar surface area (TPSA) is 38.7 Å². The lowest BCUT2D eigenvalue weighted by atomic mass is 9.61. The number of aliphatic hydroxyl groups is 1. The summed E-state index contributed by atoms with van der Waals surface area (Å²) < 4.78 is 12.9. The van der Waals surface area contributed by atoms with Gasteiger partial charge in [0.1, 0.15) is 23.2 Å². The van der Waals surface area contributed by atoms with Gasteiger partial charge >= 0.3 is 0 Å². The molecule has 3 nitrogen and oxygen atoms in total. The Balaban J connectivity index is 1.77. The van der Waals surface area contributed by atoms with E-state index in [0.29, 0.717) is 5.92 Å². The van der Waals surface area contributed by atoms with Crippen molar-refractivity contribution in [3.63, 3.8) is 0 Å². The van der Waals surface area contributed by atoms with Crippen LogP contribution in [0.5, 0.6) is 11.5 Å². The third-order valence-electron chi connectivity index (χ3n) is 6.49. The molecular formula is C22H30O3. The van der Waals surface area contributed by atoms with E-state index in [9.17, 15) is 5.11 Å². The smallest absolute Gasteiger partial charge is 0.134 e. The first-order chi connectivity index (χ1) is 11.7. The largest absolute Gasteiger partial charge is 0.487 e. The summed E-state index contributed by atoms with van der Waals surface area (Å²) in [6, 6.07) is 4.24. The standard InChI is InChI=1S/C22H30O3/c1-13(2)7-6-9-22(5)15-8-10-21(4,23)20-18(15)19-16(24-20)11-14(3)12-17(19)25-22/h7,11-12,15,18,20,23H,6,8-10H2,1-5H3/t15-,18+,20-,21+,22+/m1/s1. The van der Waals surface area contributed by atoms with E-state index >= 15 is 0 Å². The lowest BCUT2D eigenvalue weighted by Gasteiger charge is -2.51. The van der Waals surface area contributed by atoms with Crippen LogP contribution in [0.4, 0.5) is 0 Å².